The number of carbonyl (C=O) groups excluding carboxylic acids is 1. The minimum atomic E-state index is -0.541. The number of nitrogens with one attached hydrogen (secondary N) is 1. The minimum absolute atomic E-state index is 0.331. The largest absolute Gasteiger partial charge is 0.399 e. The molecule has 0 radical (unpaired) electrons. The number of nitrogens with two attached hydrogens (primary N) is 2. The van der Waals surface area contributed by atoms with E-state index in [1.54, 1.807) is 19.1 Å². The summed E-state index contributed by atoms with van der Waals surface area (Å²) in [5, 5.41) is 3.60. The van der Waals surface area contributed by atoms with E-state index in [9.17, 15) is 4.79 Å². The fourth-order valence-corrected chi connectivity index (χ4v) is 1.93. The average Bonchev–Trinajstić information content (AvgIpc) is 2.66. The summed E-state index contributed by atoms with van der Waals surface area (Å²) < 4.78 is 4.03. The molecule has 1 heterocycles. The van der Waals surface area contributed by atoms with Crippen LogP contribution in [-0.2, 0) is 0 Å². The highest BCUT2D eigenvalue weighted by molar-refractivity contribution is 7.09. The normalized spacial score (nSPS) is 10.2. The van der Waals surface area contributed by atoms with E-state index in [0.717, 1.165) is 0 Å². The fraction of sp³-hybridized carbons (Fsp3) is 0.100. The Bertz CT molecular complexity index is 566. The van der Waals surface area contributed by atoms with E-state index in [0.29, 0.717) is 27.9 Å². The maximum absolute atomic E-state index is 11.3. The van der Waals surface area contributed by atoms with Crippen LogP contribution in [0, 0.1) is 6.92 Å². The van der Waals surface area contributed by atoms with Crippen LogP contribution >= 0.6 is 11.5 Å². The maximum atomic E-state index is 11.3. The van der Waals surface area contributed by atoms with E-state index in [2.05, 4.69) is 14.7 Å². The van der Waals surface area contributed by atoms with E-state index in [1.165, 1.54) is 17.6 Å². The Kier molecular flexibility index (Phi) is 2.92. The van der Waals surface area contributed by atoms with Gasteiger partial charge in [-0.25, -0.2) is 4.98 Å². The highest BCUT2D eigenvalue weighted by Crippen LogP contribution is 2.23. The van der Waals surface area contributed by atoms with Gasteiger partial charge < -0.3 is 16.8 Å². The molecule has 88 valence electrons. The Morgan fingerprint density at radius 2 is 2.24 bits per heavy atom. The summed E-state index contributed by atoms with van der Waals surface area (Å²) in [6.45, 7) is 1.79. The van der Waals surface area contributed by atoms with Gasteiger partial charge in [-0.2, -0.15) is 4.37 Å². The maximum Gasteiger partial charge on any atom is 0.250 e. The van der Waals surface area contributed by atoms with E-state index < -0.39 is 5.91 Å². The number of aromatic nitrogens is 2. The lowest BCUT2D eigenvalue weighted by molar-refractivity contribution is 0.100. The van der Waals surface area contributed by atoms with Gasteiger partial charge in [-0.15, -0.1) is 0 Å². The summed E-state index contributed by atoms with van der Waals surface area (Å²) in [5.74, 6) is 0.134. The third-order valence-electron chi connectivity index (χ3n) is 2.08. The molecule has 0 aliphatic heterocycles. The van der Waals surface area contributed by atoms with Crippen LogP contribution in [0.25, 0.3) is 0 Å². The van der Waals surface area contributed by atoms with E-state index in [1.807, 2.05) is 0 Å². The van der Waals surface area contributed by atoms with Crippen LogP contribution in [-0.4, -0.2) is 15.3 Å². The molecule has 1 aromatic heterocycles. The molecule has 2 aromatic rings. The van der Waals surface area contributed by atoms with Crippen molar-refractivity contribution in [3.63, 3.8) is 0 Å². The second-order valence-corrected chi connectivity index (χ2v) is 4.19. The van der Waals surface area contributed by atoms with Gasteiger partial charge in [0.05, 0.1) is 11.3 Å². The van der Waals surface area contributed by atoms with Crippen molar-refractivity contribution >= 4 is 33.9 Å². The minimum Gasteiger partial charge on any atom is -0.399 e. The number of rotatable bonds is 3. The van der Waals surface area contributed by atoms with Crippen LogP contribution < -0.4 is 16.8 Å². The van der Waals surface area contributed by atoms with Crippen molar-refractivity contribution in [1.29, 1.82) is 0 Å². The molecule has 0 fully saturated rings. The van der Waals surface area contributed by atoms with Gasteiger partial charge in [-0.1, -0.05) is 0 Å². The van der Waals surface area contributed by atoms with Crippen molar-refractivity contribution in [1.82, 2.24) is 9.36 Å². The first kappa shape index (κ1) is 11.3. The summed E-state index contributed by atoms with van der Waals surface area (Å²) in [6.07, 6.45) is 0. The number of nitrogens with zero attached hydrogens (tertiary/aromatic N) is 2. The lowest BCUT2D eigenvalue weighted by Crippen LogP contribution is -2.13. The van der Waals surface area contributed by atoms with Crippen molar-refractivity contribution in [2.75, 3.05) is 11.1 Å². The van der Waals surface area contributed by atoms with Crippen LogP contribution in [0.1, 0.15) is 16.2 Å². The molecule has 0 aliphatic rings. The van der Waals surface area contributed by atoms with Gasteiger partial charge in [0.2, 0.25) is 5.13 Å². The molecule has 5 N–H and O–H groups in total. The van der Waals surface area contributed by atoms with Crippen molar-refractivity contribution in [3.05, 3.63) is 29.6 Å². The van der Waals surface area contributed by atoms with E-state index in [-0.39, 0.29) is 0 Å². The van der Waals surface area contributed by atoms with Crippen LogP contribution in [0.4, 0.5) is 16.5 Å². The highest BCUT2D eigenvalue weighted by Gasteiger charge is 2.10. The van der Waals surface area contributed by atoms with Crippen molar-refractivity contribution < 1.29 is 4.79 Å². The predicted molar refractivity (Wildman–Crippen MR) is 67.3 cm³/mol. The number of primary amides is 1. The van der Waals surface area contributed by atoms with Crippen LogP contribution in [0.15, 0.2) is 18.2 Å². The third kappa shape index (κ3) is 2.51. The predicted octanol–water partition coefficient (Wildman–Crippen LogP) is 1.27. The van der Waals surface area contributed by atoms with Gasteiger partial charge in [0, 0.05) is 17.2 Å². The van der Waals surface area contributed by atoms with E-state index in [4.69, 9.17) is 11.5 Å². The number of hydrogen-bond donors (Lipinski definition) is 3. The summed E-state index contributed by atoms with van der Waals surface area (Å²) in [7, 11) is 0. The van der Waals surface area contributed by atoms with Gasteiger partial charge >= 0.3 is 0 Å². The lowest BCUT2D eigenvalue weighted by atomic mass is 10.1. The molecule has 0 bridgehead atoms. The second kappa shape index (κ2) is 4.38. The van der Waals surface area contributed by atoms with Crippen molar-refractivity contribution in [2.45, 2.75) is 6.92 Å². The zero-order valence-corrected chi connectivity index (χ0v) is 9.91. The quantitative estimate of drug-likeness (QED) is 0.710. The standard InChI is InChI=1S/C10H11N5OS/c1-5-13-10(17-15-5)14-8-3-2-6(11)4-7(8)9(12)16/h2-4H,11H2,1H3,(H2,12,16)(H,13,14,15). The van der Waals surface area contributed by atoms with Crippen LogP contribution in [0.5, 0.6) is 0 Å². The Labute approximate surface area is 102 Å². The molecule has 7 heteroatoms. The molecule has 0 saturated carbocycles. The number of benzene rings is 1. The molecule has 1 amide bonds. The molecule has 6 nitrogen and oxygen atoms in total. The first-order chi connectivity index (χ1) is 8.06. The summed E-state index contributed by atoms with van der Waals surface area (Å²) in [6, 6.07) is 4.90. The Balaban J connectivity index is 2.35. The van der Waals surface area contributed by atoms with Gasteiger partial charge in [0.25, 0.3) is 5.91 Å². The first-order valence-electron chi connectivity index (χ1n) is 4.83. The number of carbonyl (C=O) groups is 1. The second-order valence-electron chi connectivity index (χ2n) is 3.44. The lowest BCUT2D eigenvalue weighted by Gasteiger charge is -2.07. The molecule has 0 atom stereocenters. The van der Waals surface area contributed by atoms with Crippen molar-refractivity contribution in [3.8, 4) is 0 Å². The molecular weight excluding hydrogens is 238 g/mol. The van der Waals surface area contributed by atoms with Gasteiger partial charge in [0.15, 0.2) is 0 Å². The Hall–Kier alpha value is -2.15. The molecule has 0 aliphatic carbocycles. The number of amides is 1. The zero-order valence-electron chi connectivity index (χ0n) is 9.10. The molecular formula is C10H11N5OS. The molecule has 0 saturated heterocycles. The fourth-order valence-electron chi connectivity index (χ4n) is 1.34. The van der Waals surface area contributed by atoms with Gasteiger partial charge in [0.1, 0.15) is 5.82 Å². The van der Waals surface area contributed by atoms with Crippen LogP contribution in [0.3, 0.4) is 0 Å². The molecule has 17 heavy (non-hydrogen) atoms. The number of anilines is 3. The number of nitrogen functional groups attached to an aromatic ring is 1. The van der Waals surface area contributed by atoms with Crippen LogP contribution in [0.2, 0.25) is 0 Å². The van der Waals surface area contributed by atoms with E-state index >= 15 is 0 Å². The molecule has 1 aromatic carbocycles. The topological polar surface area (TPSA) is 107 Å². The third-order valence-corrected chi connectivity index (χ3v) is 2.80. The molecule has 0 spiro atoms. The zero-order chi connectivity index (χ0) is 12.4. The Morgan fingerprint density at radius 3 is 2.82 bits per heavy atom. The van der Waals surface area contributed by atoms with Gasteiger partial charge in [-0.05, 0) is 25.1 Å². The summed E-state index contributed by atoms with van der Waals surface area (Å²) >= 11 is 1.21. The number of hydrogen-bond acceptors (Lipinski definition) is 6. The Morgan fingerprint density at radius 1 is 1.47 bits per heavy atom. The SMILES string of the molecule is Cc1nsc(Nc2ccc(N)cc2C(N)=O)n1. The molecule has 2 rings (SSSR count). The molecule has 0 unspecified atom stereocenters. The summed E-state index contributed by atoms with van der Waals surface area (Å²) in [4.78, 5) is 15.4. The highest BCUT2D eigenvalue weighted by atomic mass is 32.1. The smallest absolute Gasteiger partial charge is 0.250 e. The average molecular weight is 249 g/mol. The summed E-state index contributed by atoms with van der Waals surface area (Å²) in [5.41, 5.74) is 12.3. The monoisotopic (exact) mass is 249 g/mol. The van der Waals surface area contributed by atoms with Crippen molar-refractivity contribution in [2.24, 2.45) is 5.73 Å². The first-order valence-corrected chi connectivity index (χ1v) is 5.60. The van der Waals surface area contributed by atoms with Gasteiger partial charge in [-0.3, -0.25) is 4.79 Å². The number of aryl methyl sites for hydroxylation is 1.